The molecule has 22 heavy (non-hydrogen) atoms. The average Bonchev–Trinajstić information content (AvgIpc) is 2.92. The molecule has 0 radical (unpaired) electrons. The highest BCUT2D eigenvalue weighted by molar-refractivity contribution is 7.88. The number of carbonyl (C=O) groups excluding carboxylic acids is 1. The van der Waals surface area contributed by atoms with E-state index in [9.17, 15) is 13.2 Å². The van der Waals surface area contributed by atoms with E-state index < -0.39 is 15.9 Å². The molecular weight excluding hydrogens is 304 g/mol. The van der Waals surface area contributed by atoms with Crippen molar-refractivity contribution in [3.05, 3.63) is 54.0 Å². The normalized spacial score (nSPS) is 11.6. The second-order valence-corrected chi connectivity index (χ2v) is 6.96. The Bertz CT molecular complexity index is 739. The number of aryl methyl sites for hydroxylation is 1. The van der Waals surface area contributed by atoms with Crippen LogP contribution in [0.25, 0.3) is 0 Å². The first-order chi connectivity index (χ1) is 10.4. The molecule has 0 aliphatic carbocycles. The summed E-state index contributed by atoms with van der Waals surface area (Å²) in [5, 5.41) is 2.72. The minimum atomic E-state index is -3.53. The first kappa shape index (κ1) is 16.3. The zero-order chi connectivity index (χ0) is 16.2. The molecule has 118 valence electrons. The molecule has 1 heterocycles. The SMILES string of the molecule is Cc1ccccc1NC(=O)CN(Cc1ccco1)S(C)(=O)=O. The lowest BCUT2D eigenvalue weighted by Crippen LogP contribution is -2.36. The number of anilines is 1. The number of furan rings is 1. The fraction of sp³-hybridized carbons (Fsp3) is 0.267. The summed E-state index contributed by atoms with van der Waals surface area (Å²) in [5.41, 5.74) is 1.58. The first-order valence-electron chi connectivity index (χ1n) is 6.69. The molecule has 1 N–H and O–H groups in total. The van der Waals surface area contributed by atoms with Gasteiger partial charge in [-0.2, -0.15) is 4.31 Å². The standard InChI is InChI=1S/C15H18N2O4S/c1-12-6-3-4-8-14(12)16-15(18)11-17(22(2,19)20)10-13-7-5-9-21-13/h3-9H,10-11H2,1-2H3,(H,16,18). The van der Waals surface area contributed by atoms with Crippen LogP contribution in [-0.4, -0.2) is 31.4 Å². The van der Waals surface area contributed by atoms with Crippen molar-refractivity contribution in [1.82, 2.24) is 4.31 Å². The van der Waals surface area contributed by atoms with Gasteiger partial charge in [-0.3, -0.25) is 4.79 Å². The summed E-state index contributed by atoms with van der Waals surface area (Å²) >= 11 is 0. The van der Waals surface area contributed by atoms with Crippen LogP contribution >= 0.6 is 0 Å². The van der Waals surface area contributed by atoms with Gasteiger partial charge in [0.1, 0.15) is 5.76 Å². The van der Waals surface area contributed by atoms with E-state index in [-0.39, 0.29) is 13.1 Å². The van der Waals surface area contributed by atoms with Crippen molar-refractivity contribution in [2.75, 3.05) is 18.1 Å². The predicted molar refractivity (Wildman–Crippen MR) is 83.8 cm³/mol. The Kier molecular flexibility index (Phi) is 4.99. The van der Waals surface area contributed by atoms with E-state index in [0.717, 1.165) is 16.1 Å². The number of benzene rings is 1. The lowest BCUT2D eigenvalue weighted by Gasteiger charge is -2.18. The summed E-state index contributed by atoms with van der Waals surface area (Å²) in [5.74, 6) is 0.0837. The topological polar surface area (TPSA) is 79.6 Å². The molecule has 1 amide bonds. The van der Waals surface area contributed by atoms with E-state index in [0.29, 0.717) is 11.4 Å². The van der Waals surface area contributed by atoms with Crippen molar-refractivity contribution < 1.29 is 17.6 Å². The van der Waals surface area contributed by atoms with Gasteiger partial charge in [-0.1, -0.05) is 18.2 Å². The van der Waals surface area contributed by atoms with Crippen LogP contribution < -0.4 is 5.32 Å². The lowest BCUT2D eigenvalue weighted by atomic mass is 10.2. The van der Waals surface area contributed by atoms with Crippen molar-refractivity contribution in [3.63, 3.8) is 0 Å². The smallest absolute Gasteiger partial charge is 0.239 e. The second kappa shape index (κ2) is 6.76. The number of hydrogen-bond acceptors (Lipinski definition) is 4. The number of nitrogens with one attached hydrogen (secondary N) is 1. The Hall–Kier alpha value is -2.12. The van der Waals surface area contributed by atoms with Crippen LogP contribution in [0.3, 0.4) is 0 Å². The third-order valence-electron chi connectivity index (χ3n) is 3.12. The van der Waals surface area contributed by atoms with Crippen LogP contribution in [0.2, 0.25) is 0 Å². The molecule has 1 aromatic carbocycles. The Morgan fingerprint density at radius 1 is 1.23 bits per heavy atom. The van der Waals surface area contributed by atoms with E-state index >= 15 is 0 Å². The van der Waals surface area contributed by atoms with Crippen LogP contribution in [0.15, 0.2) is 47.1 Å². The van der Waals surface area contributed by atoms with Gasteiger partial charge in [-0.25, -0.2) is 8.42 Å². The van der Waals surface area contributed by atoms with E-state index in [2.05, 4.69) is 5.32 Å². The fourth-order valence-corrected chi connectivity index (χ4v) is 2.64. The fourth-order valence-electron chi connectivity index (χ4n) is 1.93. The van der Waals surface area contributed by atoms with Crippen LogP contribution in [0.5, 0.6) is 0 Å². The van der Waals surface area contributed by atoms with Gasteiger partial charge in [-0.15, -0.1) is 0 Å². The van der Waals surface area contributed by atoms with Crippen molar-refractivity contribution >= 4 is 21.6 Å². The molecule has 0 bridgehead atoms. The summed E-state index contributed by atoms with van der Waals surface area (Å²) in [6.45, 7) is 1.62. The third-order valence-corrected chi connectivity index (χ3v) is 4.32. The molecule has 0 atom stereocenters. The van der Waals surface area contributed by atoms with Gasteiger partial charge in [0.2, 0.25) is 15.9 Å². The van der Waals surface area contributed by atoms with Gasteiger partial charge in [0.15, 0.2) is 0 Å². The Labute approximate surface area is 129 Å². The monoisotopic (exact) mass is 322 g/mol. The molecule has 7 heteroatoms. The maximum atomic E-state index is 12.1. The summed E-state index contributed by atoms with van der Waals surface area (Å²) in [6.07, 6.45) is 2.53. The molecule has 0 unspecified atom stereocenters. The van der Waals surface area contributed by atoms with Crippen molar-refractivity contribution in [2.24, 2.45) is 0 Å². The first-order valence-corrected chi connectivity index (χ1v) is 8.54. The van der Waals surface area contributed by atoms with Gasteiger partial charge >= 0.3 is 0 Å². The molecule has 6 nitrogen and oxygen atoms in total. The second-order valence-electron chi connectivity index (χ2n) is 4.97. The van der Waals surface area contributed by atoms with E-state index in [1.807, 2.05) is 19.1 Å². The average molecular weight is 322 g/mol. The van der Waals surface area contributed by atoms with Crippen LogP contribution in [0.1, 0.15) is 11.3 Å². The molecule has 0 saturated carbocycles. The van der Waals surface area contributed by atoms with Gasteiger partial charge in [0.25, 0.3) is 0 Å². The Morgan fingerprint density at radius 3 is 2.55 bits per heavy atom. The van der Waals surface area contributed by atoms with E-state index in [1.54, 1.807) is 24.3 Å². The third kappa shape index (κ3) is 4.44. The quantitative estimate of drug-likeness (QED) is 0.882. The lowest BCUT2D eigenvalue weighted by molar-refractivity contribution is -0.116. The van der Waals surface area contributed by atoms with Crippen LogP contribution in [-0.2, 0) is 21.4 Å². The largest absolute Gasteiger partial charge is 0.468 e. The number of rotatable bonds is 6. The molecule has 2 rings (SSSR count). The zero-order valence-corrected chi connectivity index (χ0v) is 13.3. The number of para-hydroxylation sites is 1. The van der Waals surface area contributed by atoms with Crippen LogP contribution in [0.4, 0.5) is 5.69 Å². The number of carbonyl (C=O) groups is 1. The maximum absolute atomic E-state index is 12.1. The highest BCUT2D eigenvalue weighted by Crippen LogP contribution is 2.14. The van der Waals surface area contributed by atoms with Crippen LogP contribution in [0, 0.1) is 6.92 Å². The van der Waals surface area contributed by atoms with Gasteiger partial charge in [0.05, 0.1) is 25.6 Å². The highest BCUT2D eigenvalue weighted by Gasteiger charge is 2.21. The summed E-state index contributed by atoms with van der Waals surface area (Å²) < 4.78 is 29.8. The van der Waals surface area contributed by atoms with Gasteiger partial charge in [-0.05, 0) is 30.7 Å². The van der Waals surface area contributed by atoms with Crippen molar-refractivity contribution in [3.8, 4) is 0 Å². The molecule has 0 aliphatic heterocycles. The summed E-state index contributed by atoms with van der Waals surface area (Å²) in [4.78, 5) is 12.1. The minimum absolute atomic E-state index is 0.0209. The molecular formula is C15H18N2O4S. The summed E-state index contributed by atoms with van der Waals surface area (Å²) in [7, 11) is -3.53. The van der Waals surface area contributed by atoms with E-state index in [4.69, 9.17) is 4.42 Å². The number of hydrogen-bond donors (Lipinski definition) is 1. The predicted octanol–water partition coefficient (Wildman–Crippen LogP) is 1.99. The highest BCUT2D eigenvalue weighted by atomic mass is 32.2. The molecule has 0 fully saturated rings. The summed E-state index contributed by atoms with van der Waals surface area (Å²) in [6, 6.07) is 10.6. The van der Waals surface area contributed by atoms with Gasteiger partial charge in [0, 0.05) is 5.69 Å². The number of amides is 1. The zero-order valence-electron chi connectivity index (χ0n) is 12.4. The Balaban J connectivity index is 2.07. The number of nitrogens with zero attached hydrogens (tertiary/aromatic N) is 1. The molecule has 0 spiro atoms. The van der Waals surface area contributed by atoms with Crippen molar-refractivity contribution in [2.45, 2.75) is 13.5 Å². The number of sulfonamides is 1. The van der Waals surface area contributed by atoms with Gasteiger partial charge < -0.3 is 9.73 Å². The Morgan fingerprint density at radius 2 is 1.95 bits per heavy atom. The van der Waals surface area contributed by atoms with E-state index in [1.165, 1.54) is 6.26 Å². The molecule has 1 aromatic heterocycles. The molecule has 0 aliphatic rings. The minimum Gasteiger partial charge on any atom is -0.468 e. The molecule has 2 aromatic rings. The maximum Gasteiger partial charge on any atom is 0.239 e. The van der Waals surface area contributed by atoms with Crippen molar-refractivity contribution in [1.29, 1.82) is 0 Å². The molecule has 0 saturated heterocycles.